The van der Waals surface area contributed by atoms with E-state index in [-0.39, 0.29) is 29.3 Å². The van der Waals surface area contributed by atoms with E-state index >= 15 is 0 Å². The lowest BCUT2D eigenvalue weighted by Crippen LogP contribution is -2.63. The van der Waals surface area contributed by atoms with Gasteiger partial charge in [0.1, 0.15) is 12.1 Å². The van der Waals surface area contributed by atoms with Crippen LogP contribution in [0.5, 0.6) is 0 Å². The van der Waals surface area contributed by atoms with Crippen LogP contribution in [0.15, 0.2) is 0 Å². The van der Waals surface area contributed by atoms with Crippen LogP contribution in [0, 0.1) is 5.41 Å². The first kappa shape index (κ1) is 14.0. The third-order valence-corrected chi connectivity index (χ3v) is 3.71. The molecule has 0 aromatic carbocycles. The monoisotopic (exact) mass is 240 g/mol. The number of hydrogen-bond acceptors (Lipinski definition) is 2. The highest BCUT2D eigenvalue weighted by molar-refractivity contribution is 5.96. The molecule has 98 valence electrons. The summed E-state index contributed by atoms with van der Waals surface area (Å²) in [5.41, 5.74) is 0.0554. The Morgan fingerprint density at radius 1 is 1.29 bits per heavy atom. The molecule has 0 bridgehead atoms. The summed E-state index contributed by atoms with van der Waals surface area (Å²) < 4.78 is 0. The first-order chi connectivity index (χ1) is 7.82. The lowest BCUT2D eigenvalue weighted by Gasteiger charge is -2.41. The normalized spacial score (nSPS) is 26.1. The summed E-state index contributed by atoms with van der Waals surface area (Å²) in [6, 6.07) is -0.692. The van der Waals surface area contributed by atoms with Gasteiger partial charge in [-0.2, -0.15) is 0 Å². The van der Waals surface area contributed by atoms with E-state index in [4.69, 9.17) is 0 Å². The second-order valence-corrected chi connectivity index (χ2v) is 5.63. The average molecular weight is 240 g/mol. The molecule has 4 nitrogen and oxygen atoms in total. The third kappa shape index (κ3) is 2.99. The number of nitrogens with zero attached hydrogens (tertiary/aromatic N) is 1. The van der Waals surface area contributed by atoms with Crippen LogP contribution < -0.4 is 5.32 Å². The molecule has 2 unspecified atom stereocenters. The highest BCUT2D eigenvalue weighted by Gasteiger charge is 2.39. The van der Waals surface area contributed by atoms with Gasteiger partial charge >= 0.3 is 0 Å². The van der Waals surface area contributed by atoms with Crippen molar-refractivity contribution in [1.82, 2.24) is 10.2 Å². The van der Waals surface area contributed by atoms with Gasteiger partial charge in [0.25, 0.3) is 0 Å². The average Bonchev–Trinajstić information content (AvgIpc) is 2.29. The Labute approximate surface area is 104 Å². The Bertz CT molecular complexity index is 313. The van der Waals surface area contributed by atoms with Crippen LogP contribution in [0.4, 0.5) is 0 Å². The minimum Gasteiger partial charge on any atom is -0.343 e. The third-order valence-electron chi connectivity index (χ3n) is 3.71. The van der Waals surface area contributed by atoms with Crippen LogP contribution in [0.3, 0.4) is 0 Å². The van der Waals surface area contributed by atoms with Gasteiger partial charge in [-0.15, -0.1) is 0 Å². The van der Waals surface area contributed by atoms with Gasteiger partial charge in [-0.1, -0.05) is 27.7 Å². The van der Waals surface area contributed by atoms with Crippen LogP contribution in [-0.2, 0) is 9.59 Å². The van der Waals surface area contributed by atoms with Crippen LogP contribution >= 0.6 is 0 Å². The van der Waals surface area contributed by atoms with Crippen LogP contribution in [0.2, 0.25) is 0 Å². The van der Waals surface area contributed by atoms with Gasteiger partial charge in [-0.05, 0) is 25.2 Å². The topological polar surface area (TPSA) is 49.4 Å². The van der Waals surface area contributed by atoms with Crippen molar-refractivity contribution in [1.29, 1.82) is 0 Å². The molecule has 4 heteroatoms. The fourth-order valence-corrected chi connectivity index (χ4v) is 1.95. The first-order valence-corrected chi connectivity index (χ1v) is 6.43. The molecule has 0 aromatic heterocycles. The number of nitrogens with one attached hydrogen (secondary N) is 1. The Morgan fingerprint density at radius 3 is 2.35 bits per heavy atom. The summed E-state index contributed by atoms with van der Waals surface area (Å²) in [6.07, 6.45) is 1.64. The molecule has 0 saturated carbocycles. The minimum absolute atomic E-state index is 0.0386. The van der Waals surface area contributed by atoms with Crippen molar-refractivity contribution >= 4 is 11.8 Å². The minimum atomic E-state index is -0.351. The van der Waals surface area contributed by atoms with Gasteiger partial charge in [0.05, 0.1) is 0 Å². The molecule has 1 saturated heterocycles. The number of carbonyl (C=O) groups excluding carboxylic acids is 2. The van der Waals surface area contributed by atoms with Crippen molar-refractivity contribution in [2.75, 3.05) is 6.54 Å². The zero-order chi connectivity index (χ0) is 13.2. The first-order valence-electron chi connectivity index (χ1n) is 6.43. The molecule has 2 atom stereocenters. The van der Waals surface area contributed by atoms with Crippen molar-refractivity contribution in [3.63, 3.8) is 0 Å². The van der Waals surface area contributed by atoms with Crippen LogP contribution in [0.1, 0.15) is 47.5 Å². The lowest BCUT2D eigenvalue weighted by molar-refractivity contribution is -0.150. The summed E-state index contributed by atoms with van der Waals surface area (Å²) in [4.78, 5) is 25.7. The molecule has 0 radical (unpaired) electrons. The predicted molar refractivity (Wildman–Crippen MR) is 67.5 cm³/mol. The van der Waals surface area contributed by atoms with Gasteiger partial charge in [-0.3, -0.25) is 9.59 Å². The van der Waals surface area contributed by atoms with E-state index in [1.807, 2.05) is 6.92 Å². The van der Waals surface area contributed by atoms with E-state index in [1.165, 1.54) is 0 Å². The number of piperazine rings is 1. The summed E-state index contributed by atoms with van der Waals surface area (Å²) in [5, 5.41) is 2.77. The number of hydrogen-bond donors (Lipinski definition) is 1. The van der Waals surface area contributed by atoms with Crippen LogP contribution in [0.25, 0.3) is 0 Å². The maximum atomic E-state index is 12.2. The van der Waals surface area contributed by atoms with Crippen LogP contribution in [-0.4, -0.2) is 35.3 Å². The molecule has 0 spiro atoms. The number of carbonyl (C=O) groups is 2. The zero-order valence-corrected chi connectivity index (χ0v) is 11.5. The molecule has 1 N–H and O–H groups in total. The second kappa shape index (κ2) is 5.07. The molecule has 17 heavy (non-hydrogen) atoms. The van der Waals surface area contributed by atoms with Crippen molar-refractivity contribution in [3.05, 3.63) is 0 Å². The largest absolute Gasteiger partial charge is 0.343 e. The molecule has 0 aliphatic carbocycles. The van der Waals surface area contributed by atoms with Crippen molar-refractivity contribution in [2.45, 2.75) is 59.5 Å². The smallest absolute Gasteiger partial charge is 0.245 e. The summed E-state index contributed by atoms with van der Waals surface area (Å²) in [5.74, 6) is 0.0180. The van der Waals surface area contributed by atoms with Gasteiger partial charge in [0.15, 0.2) is 0 Å². The fourth-order valence-electron chi connectivity index (χ4n) is 1.95. The maximum Gasteiger partial charge on any atom is 0.245 e. The molecule has 1 heterocycles. The Hall–Kier alpha value is -1.06. The SMILES string of the molecule is CCC1NC(=O)C(C)N(CC(C)(C)CC)C1=O. The Balaban J connectivity index is 2.86. The molecular weight excluding hydrogens is 216 g/mol. The van der Waals surface area contributed by atoms with E-state index in [0.717, 1.165) is 6.42 Å². The van der Waals surface area contributed by atoms with Crippen molar-refractivity contribution in [3.8, 4) is 0 Å². The number of amides is 2. The Morgan fingerprint density at radius 2 is 1.88 bits per heavy atom. The standard InChI is InChI=1S/C13H24N2O2/c1-6-10-12(17)15(8-13(4,5)7-2)9(3)11(16)14-10/h9-10H,6-8H2,1-5H3,(H,14,16). The quantitative estimate of drug-likeness (QED) is 0.810. The number of rotatable bonds is 4. The van der Waals surface area contributed by atoms with Gasteiger partial charge in [0.2, 0.25) is 11.8 Å². The molecule has 1 fully saturated rings. The summed E-state index contributed by atoms with van der Waals surface area (Å²) >= 11 is 0. The van der Waals surface area contributed by atoms with E-state index in [9.17, 15) is 9.59 Å². The van der Waals surface area contributed by atoms with Gasteiger partial charge in [0, 0.05) is 6.54 Å². The Kier molecular flexibility index (Phi) is 4.17. The molecule has 1 aliphatic rings. The zero-order valence-electron chi connectivity index (χ0n) is 11.5. The van der Waals surface area contributed by atoms with Gasteiger partial charge < -0.3 is 10.2 Å². The van der Waals surface area contributed by atoms with E-state index in [0.29, 0.717) is 13.0 Å². The predicted octanol–water partition coefficient (Wildman–Crippen LogP) is 1.55. The van der Waals surface area contributed by atoms with Crippen molar-refractivity contribution < 1.29 is 9.59 Å². The van der Waals surface area contributed by atoms with E-state index in [1.54, 1.807) is 11.8 Å². The summed E-state index contributed by atoms with van der Waals surface area (Å²) in [7, 11) is 0. The molecule has 0 aromatic rings. The second-order valence-electron chi connectivity index (χ2n) is 5.63. The molecular formula is C13H24N2O2. The maximum absolute atomic E-state index is 12.2. The van der Waals surface area contributed by atoms with Gasteiger partial charge in [-0.25, -0.2) is 0 Å². The fraction of sp³-hybridized carbons (Fsp3) is 0.846. The molecule has 1 aliphatic heterocycles. The lowest BCUT2D eigenvalue weighted by atomic mass is 9.88. The van der Waals surface area contributed by atoms with E-state index in [2.05, 4.69) is 26.1 Å². The highest BCUT2D eigenvalue weighted by atomic mass is 16.2. The summed E-state index contributed by atoms with van der Waals surface area (Å²) in [6.45, 7) is 10.7. The molecule has 1 rings (SSSR count). The highest BCUT2D eigenvalue weighted by Crippen LogP contribution is 2.24. The molecule has 2 amide bonds. The van der Waals surface area contributed by atoms with Crippen molar-refractivity contribution in [2.24, 2.45) is 5.41 Å². The van der Waals surface area contributed by atoms with E-state index < -0.39 is 0 Å².